The SMILES string of the molecule is O=C(c1ccccc1)[C@H](CCS(=O)(=O)c1ccccc1)Oc1ccccc1I. The van der Waals surface area contributed by atoms with Crippen molar-refractivity contribution in [2.45, 2.75) is 17.4 Å². The summed E-state index contributed by atoms with van der Waals surface area (Å²) in [6.07, 6.45) is -0.826. The van der Waals surface area contributed by atoms with Crippen LogP contribution >= 0.6 is 22.6 Å². The van der Waals surface area contributed by atoms with Crippen molar-refractivity contribution in [3.8, 4) is 5.75 Å². The Morgan fingerprint density at radius 1 is 0.857 bits per heavy atom. The van der Waals surface area contributed by atoms with Crippen LogP contribution in [-0.2, 0) is 9.84 Å². The number of Topliss-reactive ketones (excluding diaryl/α,β-unsaturated/α-hetero) is 1. The van der Waals surface area contributed by atoms with Gasteiger partial charge in [0.1, 0.15) is 5.75 Å². The monoisotopic (exact) mass is 506 g/mol. The van der Waals surface area contributed by atoms with Gasteiger partial charge in [0.25, 0.3) is 0 Å². The summed E-state index contributed by atoms with van der Waals surface area (Å²) in [5, 5.41) is 0. The van der Waals surface area contributed by atoms with E-state index in [1.165, 1.54) is 0 Å². The van der Waals surface area contributed by atoms with Gasteiger partial charge >= 0.3 is 0 Å². The molecule has 0 bridgehead atoms. The summed E-state index contributed by atoms with van der Waals surface area (Å²) in [5.41, 5.74) is 0.496. The summed E-state index contributed by atoms with van der Waals surface area (Å²) < 4.78 is 32.1. The van der Waals surface area contributed by atoms with Gasteiger partial charge in [-0.15, -0.1) is 0 Å². The highest BCUT2D eigenvalue weighted by molar-refractivity contribution is 14.1. The molecule has 0 aromatic heterocycles. The van der Waals surface area contributed by atoms with Crippen molar-refractivity contribution >= 4 is 38.2 Å². The summed E-state index contributed by atoms with van der Waals surface area (Å²) >= 11 is 2.13. The highest BCUT2D eigenvalue weighted by atomic mass is 127. The number of carbonyl (C=O) groups excluding carboxylic acids is 1. The second-order valence-electron chi connectivity index (χ2n) is 6.19. The Bertz CT molecular complexity index is 1030. The predicted octanol–water partition coefficient (Wildman–Crippen LogP) is 4.79. The molecule has 0 saturated carbocycles. The maximum atomic E-state index is 13.0. The van der Waals surface area contributed by atoms with Gasteiger partial charge in [-0.2, -0.15) is 0 Å². The Balaban J connectivity index is 1.84. The van der Waals surface area contributed by atoms with Crippen LogP contribution in [-0.4, -0.2) is 26.1 Å². The molecule has 4 nitrogen and oxygen atoms in total. The Morgan fingerprint density at radius 3 is 2.07 bits per heavy atom. The molecule has 0 radical (unpaired) electrons. The van der Waals surface area contributed by atoms with E-state index in [9.17, 15) is 13.2 Å². The number of ketones is 1. The minimum absolute atomic E-state index is 0.0654. The molecule has 0 saturated heterocycles. The van der Waals surface area contributed by atoms with E-state index < -0.39 is 15.9 Å². The van der Waals surface area contributed by atoms with Crippen molar-refractivity contribution in [1.29, 1.82) is 0 Å². The number of sulfone groups is 1. The molecule has 0 unspecified atom stereocenters. The van der Waals surface area contributed by atoms with Gasteiger partial charge in [0, 0.05) is 12.0 Å². The van der Waals surface area contributed by atoms with Crippen LogP contribution in [0.2, 0.25) is 0 Å². The van der Waals surface area contributed by atoms with E-state index in [2.05, 4.69) is 22.6 Å². The first-order valence-electron chi connectivity index (χ1n) is 8.75. The smallest absolute Gasteiger partial charge is 0.203 e. The molecule has 0 spiro atoms. The van der Waals surface area contributed by atoms with Crippen molar-refractivity contribution < 1.29 is 17.9 Å². The maximum Gasteiger partial charge on any atom is 0.203 e. The van der Waals surface area contributed by atoms with Crippen LogP contribution in [0.1, 0.15) is 16.8 Å². The highest BCUT2D eigenvalue weighted by Crippen LogP contribution is 2.24. The molecular formula is C22H19IO4S. The molecular weight excluding hydrogens is 487 g/mol. The fourth-order valence-corrected chi connectivity index (χ4v) is 4.58. The van der Waals surface area contributed by atoms with Gasteiger partial charge in [0.05, 0.1) is 14.2 Å². The van der Waals surface area contributed by atoms with Crippen molar-refractivity contribution in [3.63, 3.8) is 0 Å². The molecule has 3 aromatic carbocycles. The van der Waals surface area contributed by atoms with Crippen LogP contribution in [0.5, 0.6) is 5.75 Å². The van der Waals surface area contributed by atoms with Gasteiger partial charge in [-0.3, -0.25) is 4.79 Å². The first-order chi connectivity index (χ1) is 13.5. The van der Waals surface area contributed by atoms with Crippen LogP contribution in [0.4, 0.5) is 0 Å². The largest absolute Gasteiger partial charge is 0.481 e. The van der Waals surface area contributed by atoms with Crippen LogP contribution in [0.15, 0.2) is 89.8 Å². The molecule has 0 aliphatic carbocycles. The average molecular weight is 506 g/mol. The van der Waals surface area contributed by atoms with Crippen molar-refractivity contribution in [2.75, 3.05) is 5.75 Å². The van der Waals surface area contributed by atoms with E-state index in [1.54, 1.807) is 60.7 Å². The van der Waals surface area contributed by atoms with Gasteiger partial charge in [-0.05, 0) is 46.9 Å². The molecule has 3 aromatic rings. The Morgan fingerprint density at radius 2 is 1.43 bits per heavy atom. The van der Waals surface area contributed by atoms with Gasteiger partial charge in [-0.25, -0.2) is 8.42 Å². The zero-order chi connectivity index (χ0) is 20.0. The number of hydrogen-bond donors (Lipinski definition) is 0. The fourth-order valence-electron chi connectivity index (χ4n) is 2.73. The van der Waals surface area contributed by atoms with Gasteiger partial charge in [-0.1, -0.05) is 60.7 Å². The van der Waals surface area contributed by atoms with Gasteiger partial charge in [0.15, 0.2) is 15.9 Å². The van der Waals surface area contributed by atoms with Crippen molar-refractivity contribution in [1.82, 2.24) is 0 Å². The number of para-hydroxylation sites is 1. The minimum atomic E-state index is -3.51. The third kappa shape index (κ3) is 5.20. The number of halogens is 1. The summed E-state index contributed by atoms with van der Waals surface area (Å²) in [4.78, 5) is 13.2. The van der Waals surface area contributed by atoms with Crippen molar-refractivity contribution in [2.24, 2.45) is 0 Å². The molecule has 1 atom stereocenters. The number of ether oxygens (including phenoxy) is 1. The van der Waals surface area contributed by atoms with Gasteiger partial charge < -0.3 is 4.74 Å². The number of benzene rings is 3. The van der Waals surface area contributed by atoms with Crippen molar-refractivity contribution in [3.05, 3.63) is 94.1 Å². The molecule has 144 valence electrons. The predicted molar refractivity (Wildman–Crippen MR) is 117 cm³/mol. The van der Waals surface area contributed by atoms with Crippen LogP contribution in [0.25, 0.3) is 0 Å². The normalized spacial score (nSPS) is 12.3. The fraction of sp³-hybridized carbons (Fsp3) is 0.136. The first-order valence-corrected chi connectivity index (χ1v) is 11.5. The Kier molecular flexibility index (Phi) is 6.85. The molecule has 0 aliphatic heterocycles. The summed E-state index contributed by atoms with van der Waals surface area (Å²) in [6, 6.07) is 24.4. The zero-order valence-corrected chi connectivity index (χ0v) is 18.0. The third-order valence-corrected chi connectivity index (χ3v) is 6.86. The lowest BCUT2D eigenvalue weighted by Gasteiger charge is -2.19. The lowest BCUT2D eigenvalue weighted by molar-refractivity contribution is 0.0786. The van der Waals surface area contributed by atoms with E-state index in [4.69, 9.17) is 4.74 Å². The molecule has 0 N–H and O–H groups in total. The lowest BCUT2D eigenvalue weighted by Crippen LogP contribution is -2.30. The van der Waals surface area contributed by atoms with E-state index >= 15 is 0 Å². The Labute approximate surface area is 178 Å². The quantitative estimate of drug-likeness (QED) is 0.326. The molecule has 0 heterocycles. The molecule has 3 rings (SSSR count). The molecule has 0 aliphatic rings. The second-order valence-corrected chi connectivity index (χ2v) is 9.46. The molecule has 0 fully saturated rings. The third-order valence-electron chi connectivity index (χ3n) is 4.21. The van der Waals surface area contributed by atoms with E-state index in [-0.39, 0.29) is 22.9 Å². The van der Waals surface area contributed by atoms with E-state index in [0.29, 0.717) is 11.3 Å². The van der Waals surface area contributed by atoms with Crippen LogP contribution in [0, 0.1) is 3.57 Å². The molecule has 6 heteroatoms. The number of rotatable bonds is 8. The second kappa shape index (κ2) is 9.34. The van der Waals surface area contributed by atoms with E-state index in [1.807, 2.05) is 24.3 Å². The number of carbonyl (C=O) groups is 1. The molecule has 28 heavy (non-hydrogen) atoms. The minimum Gasteiger partial charge on any atom is -0.481 e. The summed E-state index contributed by atoms with van der Waals surface area (Å²) in [7, 11) is -3.51. The lowest BCUT2D eigenvalue weighted by atomic mass is 10.0. The zero-order valence-electron chi connectivity index (χ0n) is 15.0. The maximum absolute atomic E-state index is 13.0. The topological polar surface area (TPSA) is 60.4 Å². The summed E-state index contributed by atoms with van der Waals surface area (Å²) in [5.74, 6) is 0.155. The standard InChI is InChI=1S/C22H19IO4S/c23-19-13-7-8-14-20(19)27-21(22(24)17-9-3-1-4-10-17)15-16-28(25,26)18-11-5-2-6-12-18/h1-14,21H,15-16H2/t21-/m0/s1. The van der Waals surface area contributed by atoms with Gasteiger partial charge in [0.2, 0.25) is 5.78 Å². The summed E-state index contributed by atoms with van der Waals surface area (Å²) in [6.45, 7) is 0. The van der Waals surface area contributed by atoms with Crippen LogP contribution in [0.3, 0.4) is 0 Å². The first kappa shape index (κ1) is 20.5. The highest BCUT2D eigenvalue weighted by Gasteiger charge is 2.26. The average Bonchev–Trinajstić information content (AvgIpc) is 2.73. The van der Waals surface area contributed by atoms with Crippen LogP contribution < -0.4 is 4.74 Å². The number of hydrogen-bond acceptors (Lipinski definition) is 4. The Hall–Kier alpha value is -2.19. The van der Waals surface area contributed by atoms with E-state index in [0.717, 1.165) is 3.57 Å². The molecule has 0 amide bonds.